The molecule has 0 aromatic heterocycles. The van der Waals surface area contributed by atoms with E-state index in [-0.39, 0.29) is 11.9 Å². The SMILES string of the molecule is O=C(Nc1ccc(COCc2ccccc2)cc1)C1COCCN1. The number of anilines is 1. The van der Waals surface area contributed by atoms with Crippen molar-refractivity contribution in [3.05, 3.63) is 65.7 Å². The Morgan fingerprint density at radius 2 is 1.79 bits per heavy atom. The van der Waals surface area contributed by atoms with E-state index in [1.54, 1.807) is 0 Å². The number of carbonyl (C=O) groups is 1. The minimum Gasteiger partial charge on any atom is -0.378 e. The van der Waals surface area contributed by atoms with Crippen molar-refractivity contribution < 1.29 is 14.3 Å². The van der Waals surface area contributed by atoms with Gasteiger partial charge in [0.05, 0.1) is 26.4 Å². The highest BCUT2D eigenvalue weighted by Gasteiger charge is 2.20. The normalized spacial score (nSPS) is 17.4. The van der Waals surface area contributed by atoms with Crippen molar-refractivity contribution >= 4 is 11.6 Å². The second-order valence-corrected chi connectivity index (χ2v) is 5.75. The molecule has 2 N–H and O–H groups in total. The molecular formula is C19H22N2O3. The zero-order valence-corrected chi connectivity index (χ0v) is 13.5. The van der Waals surface area contributed by atoms with Crippen LogP contribution < -0.4 is 10.6 Å². The third kappa shape index (κ3) is 4.89. The van der Waals surface area contributed by atoms with Gasteiger partial charge >= 0.3 is 0 Å². The topological polar surface area (TPSA) is 59.6 Å². The second kappa shape index (κ2) is 8.59. The Labute approximate surface area is 142 Å². The Bertz CT molecular complexity index is 637. The molecule has 0 bridgehead atoms. The van der Waals surface area contributed by atoms with Crippen molar-refractivity contribution in [1.82, 2.24) is 5.32 Å². The summed E-state index contributed by atoms with van der Waals surface area (Å²) in [6.45, 7) is 2.91. The molecule has 1 amide bonds. The highest BCUT2D eigenvalue weighted by atomic mass is 16.5. The summed E-state index contributed by atoms with van der Waals surface area (Å²) >= 11 is 0. The van der Waals surface area contributed by atoms with Crippen LogP contribution in [0.4, 0.5) is 5.69 Å². The molecule has 5 nitrogen and oxygen atoms in total. The van der Waals surface area contributed by atoms with Crippen LogP contribution in [0.1, 0.15) is 11.1 Å². The van der Waals surface area contributed by atoms with Crippen LogP contribution in [0.25, 0.3) is 0 Å². The van der Waals surface area contributed by atoms with Crippen molar-refractivity contribution in [2.45, 2.75) is 19.3 Å². The van der Waals surface area contributed by atoms with Gasteiger partial charge in [-0.25, -0.2) is 0 Å². The predicted molar refractivity (Wildman–Crippen MR) is 92.6 cm³/mol. The van der Waals surface area contributed by atoms with Crippen molar-refractivity contribution in [2.24, 2.45) is 0 Å². The molecule has 126 valence electrons. The number of hydrogen-bond donors (Lipinski definition) is 2. The first-order valence-corrected chi connectivity index (χ1v) is 8.14. The van der Waals surface area contributed by atoms with E-state index in [1.165, 1.54) is 0 Å². The summed E-state index contributed by atoms with van der Waals surface area (Å²) in [6, 6.07) is 17.5. The van der Waals surface area contributed by atoms with Crippen LogP contribution in [-0.2, 0) is 27.5 Å². The third-order valence-corrected chi connectivity index (χ3v) is 3.84. The Balaban J connectivity index is 1.45. The fourth-order valence-electron chi connectivity index (χ4n) is 2.51. The standard InChI is InChI=1S/C19H22N2O3/c22-19(18-14-23-11-10-20-18)21-17-8-6-16(7-9-17)13-24-12-15-4-2-1-3-5-15/h1-9,18,20H,10-14H2,(H,21,22). The Kier molecular flexibility index (Phi) is 5.96. The number of morpholine rings is 1. The fraction of sp³-hybridized carbons (Fsp3) is 0.316. The molecule has 1 heterocycles. The van der Waals surface area contributed by atoms with Crippen LogP contribution in [0.2, 0.25) is 0 Å². The molecule has 3 rings (SSSR count). The van der Waals surface area contributed by atoms with Crippen LogP contribution in [0.15, 0.2) is 54.6 Å². The zero-order chi connectivity index (χ0) is 16.6. The lowest BCUT2D eigenvalue weighted by Gasteiger charge is -2.22. The van der Waals surface area contributed by atoms with Crippen LogP contribution in [0.3, 0.4) is 0 Å². The molecule has 5 heteroatoms. The summed E-state index contributed by atoms with van der Waals surface area (Å²) in [6.07, 6.45) is 0. The molecule has 1 atom stereocenters. The van der Waals surface area contributed by atoms with Crippen LogP contribution in [0, 0.1) is 0 Å². The van der Waals surface area contributed by atoms with Crippen LogP contribution in [0.5, 0.6) is 0 Å². The van der Waals surface area contributed by atoms with E-state index < -0.39 is 0 Å². The number of rotatable bonds is 6. The number of nitrogens with one attached hydrogen (secondary N) is 2. The van der Waals surface area contributed by atoms with Gasteiger partial charge in [-0.1, -0.05) is 42.5 Å². The summed E-state index contributed by atoms with van der Waals surface area (Å²) in [7, 11) is 0. The quantitative estimate of drug-likeness (QED) is 0.855. The summed E-state index contributed by atoms with van der Waals surface area (Å²) in [4.78, 5) is 12.1. The summed E-state index contributed by atoms with van der Waals surface area (Å²) in [5.41, 5.74) is 3.01. The average Bonchev–Trinajstić information content (AvgIpc) is 2.65. The molecule has 2 aromatic rings. The minimum atomic E-state index is -0.285. The Morgan fingerprint density at radius 3 is 2.46 bits per heavy atom. The van der Waals surface area contributed by atoms with E-state index in [9.17, 15) is 4.79 Å². The van der Waals surface area contributed by atoms with Gasteiger partial charge < -0.3 is 20.1 Å². The van der Waals surface area contributed by atoms with E-state index in [4.69, 9.17) is 9.47 Å². The minimum absolute atomic E-state index is 0.0669. The van der Waals surface area contributed by atoms with Gasteiger partial charge in [0.15, 0.2) is 0 Å². The molecule has 1 aliphatic heterocycles. The van der Waals surface area contributed by atoms with Gasteiger partial charge in [0.2, 0.25) is 5.91 Å². The van der Waals surface area contributed by atoms with E-state index >= 15 is 0 Å². The summed E-state index contributed by atoms with van der Waals surface area (Å²) in [5.74, 6) is -0.0669. The van der Waals surface area contributed by atoms with Crippen molar-refractivity contribution in [1.29, 1.82) is 0 Å². The van der Waals surface area contributed by atoms with Gasteiger partial charge in [-0.05, 0) is 23.3 Å². The Morgan fingerprint density at radius 1 is 1.08 bits per heavy atom. The van der Waals surface area contributed by atoms with Crippen molar-refractivity contribution in [2.75, 3.05) is 25.1 Å². The zero-order valence-electron chi connectivity index (χ0n) is 13.5. The number of ether oxygens (including phenoxy) is 2. The largest absolute Gasteiger partial charge is 0.378 e. The fourth-order valence-corrected chi connectivity index (χ4v) is 2.51. The van der Waals surface area contributed by atoms with E-state index in [2.05, 4.69) is 10.6 Å². The average molecular weight is 326 g/mol. The van der Waals surface area contributed by atoms with Gasteiger partial charge in [-0.3, -0.25) is 4.79 Å². The van der Waals surface area contributed by atoms with Gasteiger partial charge in [0.25, 0.3) is 0 Å². The van der Waals surface area contributed by atoms with E-state index in [0.29, 0.717) is 33.0 Å². The maximum Gasteiger partial charge on any atom is 0.243 e. The van der Waals surface area contributed by atoms with Gasteiger partial charge in [0, 0.05) is 12.2 Å². The third-order valence-electron chi connectivity index (χ3n) is 3.84. The molecule has 0 spiro atoms. The van der Waals surface area contributed by atoms with Crippen molar-refractivity contribution in [3.63, 3.8) is 0 Å². The van der Waals surface area contributed by atoms with Gasteiger partial charge in [0.1, 0.15) is 6.04 Å². The molecule has 1 aliphatic rings. The van der Waals surface area contributed by atoms with Gasteiger partial charge in [-0.2, -0.15) is 0 Å². The van der Waals surface area contributed by atoms with E-state index in [0.717, 1.165) is 16.8 Å². The van der Waals surface area contributed by atoms with E-state index in [1.807, 2.05) is 54.6 Å². The monoisotopic (exact) mass is 326 g/mol. The number of amides is 1. The van der Waals surface area contributed by atoms with Gasteiger partial charge in [-0.15, -0.1) is 0 Å². The molecular weight excluding hydrogens is 304 g/mol. The van der Waals surface area contributed by atoms with Crippen LogP contribution in [-0.4, -0.2) is 31.7 Å². The molecule has 0 saturated carbocycles. The first kappa shape index (κ1) is 16.6. The molecule has 0 radical (unpaired) electrons. The molecule has 0 aliphatic carbocycles. The molecule has 2 aromatic carbocycles. The second-order valence-electron chi connectivity index (χ2n) is 5.75. The van der Waals surface area contributed by atoms with Crippen LogP contribution >= 0.6 is 0 Å². The predicted octanol–water partition coefficient (Wildman–Crippen LogP) is 2.33. The highest BCUT2D eigenvalue weighted by Crippen LogP contribution is 2.12. The number of carbonyl (C=O) groups excluding carboxylic acids is 1. The maximum absolute atomic E-state index is 12.1. The molecule has 1 saturated heterocycles. The molecule has 24 heavy (non-hydrogen) atoms. The first-order valence-electron chi connectivity index (χ1n) is 8.14. The smallest absolute Gasteiger partial charge is 0.243 e. The lowest BCUT2D eigenvalue weighted by molar-refractivity contribution is -0.120. The summed E-state index contributed by atoms with van der Waals surface area (Å²) < 4.78 is 11.0. The lowest BCUT2D eigenvalue weighted by Crippen LogP contribution is -2.48. The number of hydrogen-bond acceptors (Lipinski definition) is 4. The molecule has 1 unspecified atom stereocenters. The number of benzene rings is 2. The molecule has 1 fully saturated rings. The highest BCUT2D eigenvalue weighted by molar-refractivity contribution is 5.95. The first-order chi connectivity index (χ1) is 11.8. The lowest BCUT2D eigenvalue weighted by atomic mass is 10.2. The summed E-state index contributed by atoms with van der Waals surface area (Å²) in [5, 5.41) is 6.04. The Hall–Kier alpha value is -2.21. The van der Waals surface area contributed by atoms with Crippen molar-refractivity contribution in [3.8, 4) is 0 Å². The maximum atomic E-state index is 12.1.